The van der Waals surface area contributed by atoms with Crippen LogP contribution in [0.25, 0.3) is 0 Å². The summed E-state index contributed by atoms with van der Waals surface area (Å²) in [5.41, 5.74) is 1.30. The number of hydrogen-bond acceptors (Lipinski definition) is 2. The van der Waals surface area contributed by atoms with Crippen LogP contribution in [0.2, 0.25) is 0 Å². The minimum atomic E-state index is -0.0578. The van der Waals surface area contributed by atoms with Crippen LogP contribution in [0.5, 0.6) is 0 Å². The third kappa shape index (κ3) is 6.22. The highest BCUT2D eigenvalue weighted by Crippen LogP contribution is 2.22. The smallest absolute Gasteiger partial charge is 0.0494 e. The quantitative estimate of drug-likeness (QED) is 0.662. The van der Waals surface area contributed by atoms with Crippen LogP contribution in [-0.4, -0.2) is 18.3 Å². The van der Waals surface area contributed by atoms with Crippen molar-refractivity contribution in [1.29, 1.82) is 0 Å². The highest BCUT2D eigenvalue weighted by Gasteiger charge is 2.19. The van der Waals surface area contributed by atoms with Crippen LogP contribution in [0.3, 0.4) is 0 Å². The van der Waals surface area contributed by atoms with Gasteiger partial charge in [-0.2, -0.15) is 0 Å². The van der Waals surface area contributed by atoms with Gasteiger partial charge in [-0.1, -0.05) is 70.4 Å². The molecule has 0 saturated carbocycles. The summed E-state index contributed by atoms with van der Waals surface area (Å²) in [5, 5.41) is 13.0. The Morgan fingerprint density at radius 2 is 1.84 bits per heavy atom. The van der Waals surface area contributed by atoms with Crippen molar-refractivity contribution in [2.45, 2.75) is 52.5 Å². The highest BCUT2D eigenvalue weighted by molar-refractivity contribution is 5.18. The van der Waals surface area contributed by atoms with Crippen molar-refractivity contribution in [2.24, 2.45) is 5.41 Å². The van der Waals surface area contributed by atoms with Gasteiger partial charge in [-0.15, -0.1) is 0 Å². The Hall–Kier alpha value is -0.860. The van der Waals surface area contributed by atoms with Crippen LogP contribution < -0.4 is 5.32 Å². The zero-order chi connectivity index (χ0) is 14.1. The number of hydrogen-bond donors (Lipinski definition) is 2. The molecule has 1 rings (SSSR count). The predicted octanol–water partition coefficient (Wildman–Crippen LogP) is 3.92. The number of rotatable bonds is 9. The molecular formula is C17H29NO. The van der Waals surface area contributed by atoms with E-state index in [0.717, 1.165) is 6.54 Å². The zero-order valence-corrected chi connectivity index (χ0v) is 12.7. The van der Waals surface area contributed by atoms with Gasteiger partial charge in [0.15, 0.2) is 0 Å². The lowest BCUT2D eigenvalue weighted by Gasteiger charge is -2.27. The van der Waals surface area contributed by atoms with E-state index < -0.39 is 0 Å². The number of aliphatic hydroxyl groups excluding tert-OH is 1. The molecule has 0 aliphatic carbocycles. The molecule has 2 nitrogen and oxygen atoms in total. The minimum Gasteiger partial charge on any atom is -0.396 e. The van der Waals surface area contributed by atoms with Crippen LogP contribution >= 0.6 is 0 Å². The monoisotopic (exact) mass is 263 g/mol. The first-order valence-corrected chi connectivity index (χ1v) is 7.48. The molecule has 0 aromatic heterocycles. The standard InChI is InChI=1S/C17H29NO/c1-4-5-7-12-16(15-10-8-6-9-11-15)18-13-17(2,3)14-19/h6,8-11,16,18-19H,4-5,7,12-14H2,1-3H3. The molecule has 1 aromatic rings. The Morgan fingerprint density at radius 3 is 2.42 bits per heavy atom. The second-order valence-electron chi connectivity index (χ2n) is 6.16. The van der Waals surface area contributed by atoms with Gasteiger partial charge in [-0.05, 0) is 12.0 Å². The van der Waals surface area contributed by atoms with Gasteiger partial charge in [0, 0.05) is 24.6 Å². The zero-order valence-electron chi connectivity index (χ0n) is 12.7. The van der Waals surface area contributed by atoms with E-state index in [1.165, 1.54) is 31.2 Å². The van der Waals surface area contributed by atoms with Crippen molar-refractivity contribution >= 4 is 0 Å². The van der Waals surface area contributed by atoms with E-state index in [9.17, 15) is 5.11 Å². The Morgan fingerprint density at radius 1 is 1.16 bits per heavy atom. The molecule has 1 atom stereocenters. The third-order valence-corrected chi connectivity index (χ3v) is 3.55. The lowest BCUT2D eigenvalue weighted by Crippen LogP contribution is -2.34. The largest absolute Gasteiger partial charge is 0.396 e. The molecule has 1 aromatic carbocycles. The van der Waals surface area contributed by atoms with Gasteiger partial charge in [0.25, 0.3) is 0 Å². The second kappa shape index (κ2) is 8.34. The Labute approximate surface area is 118 Å². The molecule has 0 bridgehead atoms. The summed E-state index contributed by atoms with van der Waals surface area (Å²) in [5.74, 6) is 0. The van der Waals surface area contributed by atoms with Gasteiger partial charge >= 0.3 is 0 Å². The molecule has 0 aliphatic heterocycles. The van der Waals surface area contributed by atoms with Gasteiger partial charge < -0.3 is 10.4 Å². The first-order valence-electron chi connectivity index (χ1n) is 7.48. The maximum absolute atomic E-state index is 9.35. The third-order valence-electron chi connectivity index (χ3n) is 3.55. The fourth-order valence-corrected chi connectivity index (χ4v) is 2.13. The number of aliphatic hydroxyl groups is 1. The van der Waals surface area contributed by atoms with E-state index in [1.807, 2.05) is 0 Å². The fourth-order valence-electron chi connectivity index (χ4n) is 2.13. The molecule has 0 radical (unpaired) electrons. The summed E-state index contributed by atoms with van der Waals surface area (Å²) in [6.45, 7) is 7.48. The normalized spacial score (nSPS) is 13.5. The Balaban J connectivity index is 2.59. The lowest BCUT2D eigenvalue weighted by molar-refractivity contribution is 0.152. The van der Waals surface area contributed by atoms with Crippen molar-refractivity contribution in [2.75, 3.05) is 13.2 Å². The minimum absolute atomic E-state index is 0.0578. The van der Waals surface area contributed by atoms with Crippen LogP contribution in [0, 0.1) is 5.41 Å². The van der Waals surface area contributed by atoms with Gasteiger partial charge in [0.05, 0.1) is 0 Å². The second-order valence-corrected chi connectivity index (χ2v) is 6.16. The van der Waals surface area contributed by atoms with E-state index >= 15 is 0 Å². The van der Waals surface area contributed by atoms with Crippen molar-refractivity contribution < 1.29 is 5.11 Å². The first-order chi connectivity index (χ1) is 9.09. The maximum Gasteiger partial charge on any atom is 0.0494 e. The first kappa shape index (κ1) is 16.2. The average molecular weight is 263 g/mol. The average Bonchev–Trinajstić information content (AvgIpc) is 2.43. The number of unbranched alkanes of at least 4 members (excludes halogenated alkanes) is 2. The molecule has 2 N–H and O–H groups in total. The molecule has 0 spiro atoms. The van der Waals surface area contributed by atoms with Crippen LogP contribution in [0.15, 0.2) is 30.3 Å². The van der Waals surface area contributed by atoms with E-state index in [4.69, 9.17) is 0 Å². The predicted molar refractivity (Wildman–Crippen MR) is 82.2 cm³/mol. The van der Waals surface area contributed by atoms with E-state index in [0.29, 0.717) is 6.04 Å². The molecule has 0 aliphatic rings. The number of benzene rings is 1. The van der Waals surface area contributed by atoms with Gasteiger partial charge in [-0.25, -0.2) is 0 Å². The van der Waals surface area contributed by atoms with Crippen LogP contribution in [0.4, 0.5) is 0 Å². The van der Waals surface area contributed by atoms with Crippen molar-refractivity contribution in [3.05, 3.63) is 35.9 Å². The summed E-state index contributed by atoms with van der Waals surface area (Å²) < 4.78 is 0. The van der Waals surface area contributed by atoms with E-state index in [1.54, 1.807) is 0 Å². The molecule has 0 fully saturated rings. The molecule has 2 heteroatoms. The molecule has 108 valence electrons. The van der Waals surface area contributed by atoms with Gasteiger partial charge in [0.2, 0.25) is 0 Å². The maximum atomic E-state index is 9.35. The van der Waals surface area contributed by atoms with E-state index in [2.05, 4.69) is 56.4 Å². The fraction of sp³-hybridized carbons (Fsp3) is 0.647. The molecule has 0 heterocycles. The lowest BCUT2D eigenvalue weighted by atomic mass is 9.93. The van der Waals surface area contributed by atoms with Gasteiger partial charge in [0.1, 0.15) is 0 Å². The SMILES string of the molecule is CCCCCC(NCC(C)(C)CO)c1ccccc1. The highest BCUT2D eigenvalue weighted by atomic mass is 16.3. The van der Waals surface area contributed by atoms with Crippen molar-refractivity contribution in [3.8, 4) is 0 Å². The molecule has 1 unspecified atom stereocenters. The molecule has 0 saturated heterocycles. The summed E-state index contributed by atoms with van der Waals surface area (Å²) in [4.78, 5) is 0. The van der Waals surface area contributed by atoms with Crippen LogP contribution in [0.1, 0.15) is 58.1 Å². The molecular weight excluding hydrogens is 234 g/mol. The number of nitrogens with one attached hydrogen (secondary N) is 1. The van der Waals surface area contributed by atoms with Gasteiger partial charge in [-0.3, -0.25) is 0 Å². The summed E-state index contributed by atoms with van der Waals surface area (Å²) in [6, 6.07) is 11.0. The summed E-state index contributed by atoms with van der Waals surface area (Å²) >= 11 is 0. The van der Waals surface area contributed by atoms with Crippen molar-refractivity contribution in [1.82, 2.24) is 5.32 Å². The Bertz CT molecular complexity index is 334. The summed E-state index contributed by atoms with van der Waals surface area (Å²) in [6.07, 6.45) is 4.96. The van der Waals surface area contributed by atoms with E-state index in [-0.39, 0.29) is 12.0 Å². The topological polar surface area (TPSA) is 32.3 Å². The Kier molecular flexibility index (Phi) is 7.11. The van der Waals surface area contributed by atoms with Crippen molar-refractivity contribution in [3.63, 3.8) is 0 Å². The molecule has 0 amide bonds. The summed E-state index contributed by atoms with van der Waals surface area (Å²) in [7, 11) is 0. The molecule has 19 heavy (non-hydrogen) atoms. The van der Waals surface area contributed by atoms with Crippen LogP contribution in [-0.2, 0) is 0 Å².